The average molecular weight is 384 g/mol. The Morgan fingerprint density at radius 2 is 2.32 bits per heavy atom. The summed E-state index contributed by atoms with van der Waals surface area (Å²) in [5.41, 5.74) is 9.40. The molecule has 1 atom stereocenters. The fourth-order valence-electron chi connectivity index (χ4n) is 2.78. The van der Waals surface area contributed by atoms with Gasteiger partial charge in [-0.1, -0.05) is 5.11 Å². The first-order valence-electron chi connectivity index (χ1n) is 8.20. The molecule has 0 bridgehead atoms. The van der Waals surface area contributed by atoms with E-state index in [0.717, 1.165) is 0 Å². The van der Waals surface area contributed by atoms with Crippen LogP contribution in [0, 0.1) is 5.82 Å². The highest BCUT2D eigenvalue weighted by molar-refractivity contribution is 5.90. The number of halogens is 1. The molecule has 0 radical (unpaired) electrons. The maximum absolute atomic E-state index is 14.6. The molecule has 0 N–H and O–H groups in total. The first-order valence-corrected chi connectivity index (χ1v) is 8.20. The molecule has 12 heteroatoms. The number of rotatable bonds is 6. The lowest BCUT2D eigenvalue weighted by Crippen LogP contribution is -2.25. The van der Waals surface area contributed by atoms with Gasteiger partial charge in [-0.3, -0.25) is 4.90 Å². The van der Waals surface area contributed by atoms with Gasteiger partial charge < -0.3 is 9.15 Å². The lowest BCUT2D eigenvalue weighted by molar-refractivity contribution is 0.145. The first-order chi connectivity index (χ1) is 13.6. The molecule has 1 fully saturated rings. The number of benzene rings is 1. The molecular weight excluding hydrogens is 371 g/mol. The third-order valence-electron chi connectivity index (χ3n) is 4.06. The number of carbonyl (C=O) groups excluding carboxylic acids is 1. The SMILES string of the molecule is [N-]=[N+]=NC[C@H]1CN(c2ccc(-c3nc(Cn4cncn4)co3)c(F)c2)C(=O)O1. The molecule has 3 heterocycles. The van der Waals surface area contributed by atoms with Crippen molar-refractivity contribution in [2.45, 2.75) is 12.6 Å². The number of oxazole rings is 1. The Balaban J connectivity index is 1.51. The van der Waals surface area contributed by atoms with E-state index in [-0.39, 0.29) is 24.5 Å². The summed E-state index contributed by atoms with van der Waals surface area (Å²) >= 11 is 0. The second-order valence-electron chi connectivity index (χ2n) is 5.93. The summed E-state index contributed by atoms with van der Waals surface area (Å²) in [5, 5.41) is 7.36. The minimum absolute atomic E-state index is 0.0180. The molecule has 1 amide bonds. The number of carbonyl (C=O) groups is 1. The van der Waals surface area contributed by atoms with E-state index < -0.39 is 18.0 Å². The smallest absolute Gasteiger partial charge is 0.414 e. The Hall–Kier alpha value is -3.92. The fourth-order valence-corrected chi connectivity index (χ4v) is 2.78. The van der Waals surface area contributed by atoms with Crippen LogP contribution in [0.5, 0.6) is 0 Å². The molecule has 1 aliphatic heterocycles. The van der Waals surface area contributed by atoms with Crippen molar-refractivity contribution in [1.29, 1.82) is 0 Å². The minimum atomic E-state index is -0.628. The van der Waals surface area contributed by atoms with Crippen LogP contribution in [0.1, 0.15) is 5.69 Å². The summed E-state index contributed by atoms with van der Waals surface area (Å²) in [6, 6.07) is 4.24. The molecule has 0 aliphatic carbocycles. The van der Waals surface area contributed by atoms with E-state index in [1.54, 1.807) is 10.7 Å². The zero-order chi connectivity index (χ0) is 19.5. The van der Waals surface area contributed by atoms with E-state index in [1.165, 1.54) is 36.0 Å². The van der Waals surface area contributed by atoms with Gasteiger partial charge in [0.15, 0.2) is 0 Å². The van der Waals surface area contributed by atoms with Gasteiger partial charge in [0.2, 0.25) is 5.89 Å². The normalized spacial score (nSPS) is 16.1. The molecular formula is C16H13FN8O3. The monoisotopic (exact) mass is 384 g/mol. The predicted molar refractivity (Wildman–Crippen MR) is 92.6 cm³/mol. The fraction of sp³-hybridized carbons (Fsp3) is 0.250. The molecule has 1 saturated heterocycles. The third kappa shape index (κ3) is 3.48. The van der Waals surface area contributed by atoms with Crippen LogP contribution < -0.4 is 4.90 Å². The van der Waals surface area contributed by atoms with Crippen molar-refractivity contribution in [2.24, 2.45) is 5.11 Å². The van der Waals surface area contributed by atoms with Gasteiger partial charge in [0, 0.05) is 4.91 Å². The lowest BCUT2D eigenvalue weighted by Gasteiger charge is -2.13. The number of aromatic nitrogens is 4. The van der Waals surface area contributed by atoms with Crippen LogP contribution in [0.25, 0.3) is 21.9 Å². The van der Waals surface area contributed by atoms with Gasteiger partial charge >= 0.3 is 6.09 Å². The van der Waals surface area contributed by atoms with E-state index in [4.69, 9.17) is 14.7 Å². The van der Waals surface area contributed by atoms with Crippen LogP contribution in [0.3, 0.4) is 0 Å². The zero-order valence-electron chi connectivity index (χ0n) is 14.3. The molecule has 142 valence electrons. The number of cyclic esters (lactones) is 1. The second kappa shape index (κ2) is 7.37. The summed E-state index contributed by atoms with van der Waals surface area (Å²) in [6.07, 6.45) is 3.16. The van der Waals surface area contributed by atoms with E-state index in [1.807, 2.05) is 0 Å². The summed E-state index contributed by atoms with van der Waals surface area (Å²) in [4.78, 5) is 24.0. The Kier molecular flexibility index (Phi) is 4.60. The molecule has 4 rings (SSSR count). The summed E-state index contributed by atoms with van der Waals surface area (Å²) in [5.74, 6) is -0.484. The van der Waals surface area contributed by atoms with Crippen molar-refractivity contribution >= 4 is 11.8 Å². The van der Waals surface area contributed by atoms with Crippen molar-refractivity contribution in [3.05, 3.63) is 59.1 Å². The molecule has 1 aromatic carbocycles. The van der Waals surface area contributed by atoms with Crippen LogP contribution in [0.15, 0.2) is 46.6 Å². The Bertz CT molecular complexity index is 1040. The van der Waals surface area contributed by atoms with Crippen molar-refractivity contribution in [2.75, 3.05) is 18.0 Å². The molecule has 1 aliphatic rings. The second-order valence-corrected chi connectivity index (χ2v) is 5.93. The van der Waals surface area contributed by atoms with Gasteiger partial charge in [-0.25, -0.2) is 23.8 Å². The van der Waals surface area contributed by atoms with Gasteiger partial charge in [0.1, 0.15) is 36.5 Å². The summed E-state index contributed by atoms with van der Waals surface area (Å²) in [7, 11) is 0. The average Bonchev–Trinajstić information content (AvgIpc) is 3.42. The van der Waals surface area contributed by atoms with Crippen molar-refractivity contribution < 1.29 is 18.3 Å². The molecule has 28 heavy (non-hydrogen) atoms. The number of azide groups is 1. The maximum Gasteiger partial charge on any atom is 0.414 e. The molecule has 3 aromatic rings. The lowest BCUT2D eigenvalue weighted by atomic mass is 10.1. The third-order valence-corrected chi connectivity index (χ3v) is 4.06. The molecule has 2 aromatic heterocycles. The highest BCUT2D eigenvalue weighted by Gasteiger charge is 2.32. The van der Waals surface area contributed by atoms with Gasteiger partial charge in [0.25, 0.3) is 0 Å². The quantitative estimate of drug-likeness (QED) is 0.364. The van der Waals surface area contributed by atoms with Gasteiger partial charge in [0.05, 0.1) is 30.9 Å². The van der Waals surface area contributed by atoms with Crippen LogP contribution in [-0.2, 0) is 11.3 Å². The van der Waals surface area contributed by atoms with Crippen molar-refractivity contribution in [1.82, 2.24) is 19.7 Å². The summed E-state index contributed by atoms with van der Waals surface area (Å²) < 4.78 is 26.6. The topological polar surface area (TPSA) is 135 Å². The van der Waals surface area contributed by atoms with Crippen LogP contribution in [0.2, 0.25) is 0 Å². The standard InChI is InChI=1S/C16H13FN8O3/c17-14-3-11(25-6-12(4-20-23-18)28-16(25)26)1-2-13(14)15-22-10(7-27-15)5-24-9-19-8-21-24/h1-3,7-9,12H,4-6H2/t12-/m0/s1. The van der Waals surface area contributed by atoms with Crippen LogP contribution in [0.4, 0.5) is 14.9 Å². The summed E-state index contributed by atoms with van der Waals surface area (Å²) in [6.45, 7) is 0.525. The van der Waals surface area contributed by atoms with E-state index in [9.17, 15) is 9.18 Å². The number of ether oxygens (including phenoxy) is 1. The molecule has 0 spiro atoms. The Morgan fingerprint density at radius 3 is 3.07 bits per heavy atom. The maximum atomic E-state index is 14.6. The largest absolute Gasteiger partial charge is 0.444 e. The highest BCUT2D eigenvalue weighted by Crippen LogP contribution is 2.29. The van der Waals surface area contributed by atoms with Crippen molar-refractivity contribution in [3.8, 4) is 11.5 Å². The zero-order valence-corrected chi connectivity index (χ0v) is 14.3. The number of anilines is 1. The van der Waals surface area contributed by atoms with E-state index in [2.05, 4.69) is 25.1 Å². The van der Waals surface area contributed by atoms with Crippen LogP contribution in [-0.4, -0.2) is 45.0 Å². The van der Waals surface area contributed by atoms with E-state index >= 15 is 0 Å². The number of hydrogen-bond donors (Lipinski definition) is 0. The number of amides is 1. The highest BCUT2D eigenvalue weighted by atomic mass is 19.1. The van der Waals surface area contributed by atoms with Crippen LogP contribution >= 0.6 is 0 Å². The molecule has 11 nitrogen and oxygen atoms in total. The number of hydrogen-bond acceptors (Lipinski definition) is 7. The van der Waals surface area contributed by atoms with E-state index in [0.29, 0.717) is 17.9 Å². The molecule has 0 saturated carbocycles. The molecule has 0 unspecified atom stereocenters. The minimum Gasteiger partial charge on any atom is -0.444 e. The Morgan fingerprint density at radius 1 is 1.43 bits per heavy atom. The first kappa shape index (κ1) is 17.5. The number of nitrogens with zero attached hydrogens (tertiary/aromatic N) is 8. The van der Waals surface area contributed by atoms with Gasteiger partial charge in [-0.2, -0.15) is 5.10 Å². The predicted octanol–water partition coefficient (Wildman–Crippen LogP) is 2.76. The van der Waals surface area contributed by atoms with Gasteiger partial charge in [-0.05, 0) is 23.7 Å². The Labute approximate surface area is 157 Å². The van der Waals surface area contributed by atoms with Crippen molar-refractivity contribution in [3.63, 3.8) is 0 Å². The van der Waals surface area contributed by atoms with Gasteiger partial charge in [-0.15, -0.1) is 0 Å².